The Hall–Kier alpha value is -3.07. The van der Waals surface area contributed by atoms with E-state index in [2.05, 4.69) is 23.2 Å². The molecule has 8 heteroatoms. The monoisotopic (exact) mass is 624 g/mol. The van der Waals surface area contributed by atoms with Gasteiger partial charge in [-0.1, -0.05) is 63.3 Å². The number of Topliss-reactive ketones (excluding diaryl/α,β-unsaturated/α-hetero) is 1. The van der Waals surface area contributed by atoms with E-state index in [-0.39, 0.29) is 23.4 Å². The normalized spacial score (nSPS) is 24.5. The lowest BCUT2D eigenvalue weighted by atomic mass is 9.70. The number of carbonyl (C=O) groups is 1. The molecule has 0 bridgehead atoms. The molecular formula is C37H47F3N2O3. The summed E-state index contributed by atoms with van der Waals surface area (Å²) >= 11 is 0. The maximum absolute atomic E-state index is 14.4. The Kier molecular flexibility index (Phi) is 12.3. The molecule has 0 radical (unpaired) electrons. The second kappa shape index (κ2) is 16.0. The average Bonchev–Trinajstić information content (AvgIpc) is 3.34. The van der Waals surface area contributed by atoms with Gasteiger partial charge >= 0.3 is 6.18 Å². The molecular weight excluding hydrogens is 577 g/mol. The van der Waals surface area contributed by atoms with Crippen LogP contribution < -0.4 is 0 Å². The minimum absolute atomic E-state index is 0.0164. The number of likely N-dealkylation sites (tertiary alicyclic amines) is 1. The summed E-state index contributed by atoms with van der Waals surface area (Å²) in [5.74, 6) is -1.38. The van der Waals surface area contributed by atoms with Gasteiger partial charge in [0, 0.05) is 32.3 Å². The van der Waals surface area contributed by atoms with Crippen LogP contribution in [0.2, 0.25) is 0 Å². The molecule has 2 fully saturated rings. The Morgan fingerprint density at radius 2 is 1.91 bits per heavy atom. The van der Waals surface area contributed by atoms with E-state index in [1.54, 1.807) is 19.4 Å². The predicted molar refractivity (Wildman–Crippen MR) is 175 cm³/mol. The maximum atomic E-state index is 14.4. The zero-order chi connectivity index (χ0) is 32.6. The lowest BCUT2D eigenvalue weighted by molar-refractivity contribution is -0.120. The van der Waals surface area contributed by atoms with Crippen LogP contribution in [0.15, 0.2) is 88.6 Å². The van der Waals surface area contributed by atoms with Crippen LogP contribution in [0.5, 0.6) is 0 Å². The van der Waals surface area contributed by atoms with Crippen LogP contribution >= 0.6 is 0 Å². The van der Waals surface area contributed by atoms with Crippen molar-refractivity contribution in [1.29, 1.82) is 0 Å². The third-order valence-corrected chi connectivity index (χ3v) is 9.17. The minimum Gasteiger partial charge on any atom is -0.382 e. The summed E-state index contributed by atoms with van der Waals surface area (Å²) in [4.78, 5) is 19.8. The van der Waals surface area contributed by atoms with E-state index in [1.807, 2.05) is 44.2 Å². The molecule has 0 aromatic heterocycles. The summed E-state index contributed by atoms with van der Waals surface area (Å²) in [6.45, 7) is 14.5. The Balaban J connectivity index is 0.00000226. The zero-order valence-corrected chi connectivity index (χ0v) is 26.8. The highest BCUT2D eigenvalue weighted by Gasteiger charge is 2.46. The number of aliphatic imine (C=N–C) groups is 1. The Bertz CT molecular complexity index is 1340. The van der Waals surface area contributed by atoms with E-state index in [0.717, 1.165) is 55.3 Å². The number of piperidine rings is 1. The topological polar surface area (TPSA) is 51.1 Å². The van der Waals surface area contributed by atoms with Gasteiger partial charge in [0.25, 0.3) is 0 Å². The molecule has 5 nitrogen and oxygen atoms in total. The van der Waals surface area contributed by atoms with Gasteiger partial charge < -0.3 is 9.47 Å². The second-order valence-electron chi connectivity index (χ2n) is 12.1. The van der Waals surface area contributed by atoms with E-state index < -0.39 is 23.6 Å². The SMILES string of the molecule is C=N/C=C\C(=C)[C@@H](c1cccc(C2C=C3C(C(F)(F)F)=CC(CN4CCC[C@@H](OCCOC)C4)=CC3C2=O)c1)C1CCC1.CC. The minimum atomic E-state index is -4.56. The first-order chi connectivity index (χ1) is 21.7. The Morgan fingerprint density at radius 3 is 2.58 bits per heavy atom. The molecule has 0 spiro atoms. The number of hydrogen-bond acceptors (Lipinski definition) is 5. The molecule has 1 saturated heterocycles. The molecule has 1 aromatic carbocycles. The highest BCUT2D eigenvalue weighted by atomic mass is 19.4. The van der Waals surface area contributed by atoms with Crippen molar-refractivity contribution in [3.8, 4) is 0 Å². The molecule has 1 saturated carbocycles. The summed E-state index contributed by atoms with van der Waals surface area (Å²) in [6, 6.07) is 7.76. The second-order valence-corrected chi connectivity index (χ2v) is 12.1. The number of benzene rings is 1. The van der Waals surface area contributed by atoms with Gasteiger partial charge in [0.2, 0.25) is 0 Å². The number of ether oxygens (including phenoxy) is 2. The fourth-order valence-corrected chi connectivity index (χ4v) is 6.89. The van der Waals surface area contributed by atoms with Gasteiger partial charge in [0.05, 0.1) is 36.7 Å². The van der Waals surface area contributed by atoms with Gasteiger partial charge in [-0.25, -0.2) is 0 Å². The molecule has 5 rings (SSSR count). The van der Waals surface area contributed by atoms with Crippen molar-refractivity contribution in [3.05, 3.63) is 94.8 Å². The lowest BCUT2D eigenvalue weighted by Gasteiger charge is -2.35. The number of hydrogen-bond donors (Lipinski definition) is 0. The number of allylic oxidation sites excluding steroid dienone is 6. The summed E-state index contributed by atoms with van der Waals surface area (Å²) in [6.07, 6.45) is 8.61. The zero-order valence-electron chi connectivity index (χ0n) is 26.8. The van der Waals surface area contributed by atoms with Gasteiger partial charge in [-0.15, -0.1) is 0 Å². The van der Waals surface area contributed by atoms with Gasteiger partial charge in [0.15, 0.2) is 5.78 Å². The molecule has 1 aliphatic heterocycles. The molecule has 4 atom stereocenters. The number of nitrogens with zero attached hydrogens (tertiary/aromatic N) is 2. The first kappa shape index (κ1) is 34.8. The molecule has 2 unspecified atom stereocenters. The van der Waals surface area contributed by atoms with Crippen molar-refractivity contribution in [3.63, 3.8) is 0 Å². The predicted octanol–water partition coefficient (Wildman–Crippen LogP) is 8.13. The first-order valence-corrected chi connectivity index (χ1v) is 16.2. The number of halogens is 3. The van der Waals surface area contributed by atoms with Crippen molar-refractivity contribution >= 4 is 12.5 Å². The van der Waals surface area contributed by atoms with Gasteiger partial charge in [-0.2, -0.15) is 13.2 Å². The standard InChI is InChI=1S/C35H41F3N2O3.C2H6/c1-23(12-13-39-2)33(25-7-4-8-25)27-10-5-9-26(19-27)29-20-30-31(34(29)41)17-24(18-32(30)35(36,37)38)21-40-14-6-11-28(22-40)43-16-15-42-3;1-2/h5,9-10,12-13,17-20,25,28-29,31,33H,1-2,4,6-8,11,14-16,21-22H2,3H3;1-2H3/b13-12-;/t28-,29?,31?,33-;/m1./s1. The van der Waals surface area contributed by atoms with Gasteiger partial charge in [-0.3, -0.25) is 14.7 Å². The number of carbonyl (C=O) groups excluding carboxylic acids is 1. The molecule has 0 amide bonds. The van der Waals surface area contributed by atoms with Crippen LogP contribution in [0.4, 0.5) is 13.2 Å². The Labute approximate surface area is 266 Å². The fraction of sp³-hybridized carbons (Fsp3) is 0.514. The molecule has 1 heterocycles. The maximum Gasteiger partial charge on any atom is 0.416 e. The summed E-state index contributed by atoms with van der Waals surface area (Å²) in [5.41, 5.74) is 2.54. The van der Waals surface area contributed by atoms with Crippen molar-refractivity contribution in [2.24, 2.45) is 16.8 Å². The van der Waals surface area contributed by atoms with E-state index in [9.17, 15) is 18.0 Å². The molecule has 4 aliphatic rings. The van der Waals surface area contributed by atoms with E-state index in [0.29, 0.717) is 37.8 Å². The quantitative estimate of drug-likeness (QED) is 0.134. The van der Waals surface area contributed by atoms with Crippen LogP contribution in [0.25, 0.3) is 0 Å². The van der Waals surface area contributed by atoms with Gasteiger partial charge in [-0.05, 0) is 84.9 Å². The molecule has 3 aliphatic carbocycles. The smallest absolute Gasteiger partial charge is 0.382 e. The average molecular weight is 625 g/mol. The summed E-state index contributed by atoms with van der Waals surface area (Å²) in [5, 5.41) is 0. The molecule has 1 aromatic rings. The number of methoxy groups -OCH3 is 1. The van der Waals surface area contributed by atoms with E-state index >= 15 is 0 Å². The van der Waals surface area contributed by atoms with Crippen molar-refractivity contribution in [2.45, 2.75) is 70.1 Å². The number of ketones is 1. The summed E-state index contributed by atoms with van der Waals surface area (Å²) in [7, 11) is 1.62. The van der Waals surface area contributed by atoms with Crippen molar-refractivity contribution in [1.82, 2.24) is 4.90 Å². The third kappa shape index (κ3) is 8.40. The third-order valence-electron chi connectivity index (χ3n) is 9.17. The lowest BCUT2D eigenvalue weighted by Crippen LogP contribution is -2.41. The van der Waals surface area contributed by atoms with Crippen molar-refractivity contribution in [2.75, 3.05) is 40.0 Å². The summed E-state index contributed by atoms with van der Waals surface area (Å²) < 4.78 is 54.1. The number of fused-ring (bicyclic) bond motifs is 1. The first-order valence-electron chi connectivity index (χ1n) is 16.2. The molecule has 45 heavy (non-hydrogen) atoms. The number of rotatable bonds is 12. The van der Waals surface area contributed by atoms with Crippen LogP contribution in [-0.2, 0) is 14.3 Å². The number of alkyl halides is 3. The molecule has 244 valence electrons. The van der Waals surface area contributed by atoms with Crippen LogP contribution in [0.3, 0.4) is 0 Å². The van der Waals surface area contributed by atoms with Crippen LogP contribution in [0, 0.1) is 11.8 Å². The van der Waals surface area contributed by atoms with Gasteiger partial charge in [0.1, 0.15) is 0 Å². The largest absolute Gasteiger partial charge is 0.416 e. The Morgan fingerprint density at radius 1 is 1.13 bits per heavy atom. The van der Waals surface area contributed by atoms with E-state index in [4.69, 9.17) is 9.47 Å². The van der Waals surface area contributed by atoms with Crippen LogP contribution in [-0.4, -0.2) is 69.6 Å². The van der Waals surface area contributed by atoms with E-state index in [1.165, 1.54) is 12.2 Å². The fourth-order valence-electron chi connectivity index (χ4n) is 6.89. The van der Waals surface area contributed by atoms with Crippen molar-refractivity contribution < 1.29 is 27.4 Å². The highest BCUT2D eigenvalue weighted by molar-refractivity contribution is 5.98. The molecule has 0 N–H and O–H groups in total. The van der Waals surface area contributed by atoms with Crippen LogP contribution in [0.1, 0.15) is 68.9 Å². The highest BCUT2D eigenvalue weighted by Crippen LogP contribution is 2.48.